The van der Waals surface area contributed by atoms with Crippen molar-refractivity contribution in [1.82, 2.24) is 9.29 Å². The molecule has 136 valence electrons. The second-order valence-corrected chi connectivity index (χ2v) is 10.1. The molecule has 2 N–H and O–H groups in total. The summed E-state index contributed by atoms with van der Waals surface area (Å²) < 4.78 is 14.3. The van der Waals surface area contributed by atoms with E-state index in [4.69, 9.17) is 17.3 Å². The molecule has 0 fully saturated rings. The van der Waals surface area contributed by atoms with Crippen molar-refractivity contribution < 1.29 is 4.21 Å². The summed E-state index contributed by atoms with van der Waals surface area (Å²) >= 11 is 8.02. The van der Waals surface area contributed by atoms with E-state index in [9.17, 15) is 4.21 Å². The van der Waals surface area contributed by atoms with Crippen LogP contribution in [0.2, 0.25) is 5.02 Å². The molecule has 2 atom stereocenters. The van der Waals surface area contributed by atoms with Crippen molar-refractivity contribution in [3.8, 4) is 22.3 Å². The van der Waals surface area contributed by atoms with Crippen LogP contribution in [0.3, 0.4) is 0 Å². The van der Waals surface area contributed by atoms with Crippen LogP contribution in [0.4, 0.5) is 0 Å². The molecule has 26 heavy (non-hydrogen) atoms. The lowest BCUT2D eigenvalue weighted by Crippen LogP contribution is -2.50. The van der Waals surface area contributed by atoms with Crippen LogP contribution in [-0.4, -0.2) is 38.1 Å². The lowest BCUT2D eigenvalue weighted by atomic mass is 10.0. The highest BCUT2D eigenvalue weighted by Crippen LogP contribution is 2.44. The first-order valence-electron chi connectivity index (χ1n) is 7.78. The van der Waals surface area contributed by atoms with Gasteiger partial charge < -0.3 is 5.73 Å². The highest BCUT2D eigenvalue weighted by Gasteiger charge is 2.39. The molecule has 8 heteroatoms. The van der Waals surface area contributed by atoms with Gasteiger partial charge in [0.25, 0.3) is 0 Å². The average Bonchev–Trinajstić information content (AvgIpc) is 2.96. The Morgan fingerprint density at radius 1 is 1.46 bits per heavy atom. The van der Waals surface area contributed by atoms with Crippen LogP contribution in [0.25, 0.3) is 10.4 Å². The monoisotopic (exact) mass is 406 g/mol. The second kappa shape index (κ2) is 6.62. The summed E-state index contributed by atoms with van der Waals surface area (Å²) in [7, 11) is -0.918. The molecule has 2 aromatic rings. The van der Waals surface area contributed by atoms with E-state index >= 15 is 0 Å². The summed E-state index contributed by atoms with van der Waals surface area (Å²) in [6.07, 6.45) is 3.49. The zero-order valence-electron chi connectivity index (χ0n) is 14.7. The Bertz CT molecular complexity index is 1060. The van der Waals surface area contributed by atoms with Gasteiger partial charge in [0.15, 0.2) is 0 Å². The predicted octanol–water partition coefficient (Wildman–Crippen LogP) is 2.94. The predicted molar refractivity (Wildman–Crippen MR) is 112 cm³/mol. The highest BCUT2D eigenvalue weighted by molar-refractivity contribution is 7.98. The minimum absolute atomic E-state index is 0.201. The van der Waals surface area contributed by atoms with Crippen molar-refractivity contribution in [3.05, 3.63) is 40.0 Å². The zero-order valence-corrected chi connectivity index (χ0v) is 17.1. The summed E-state index contributed by atoms with van der Waals surface area (Å²) in [5, 5.41) is 0.566. The third-order valence-electron chi connectivity index (χ3n) is 4.16. The van der Waals surface area contributed by atoms with Gasteiger partial charge in [0, 0.05) is 35.4 Å². The van der Waals surface area contributed by atoms with Gasteiger partial charge in [-0.3, -0.25) is 9.29 Å². The normalized spacial score (nSPS) is 25.4. The molecule has 0 radical (unpaired) electrons. The molecule has 5 nitrogen and oxygen atoms in total. The number of nitrogens with two attached hydrogens (primary N) is 1. The van der Waals surface area contributed by atoms with E-state index in [1.165, 1.54) is 15.6 Å². The molecule has 3 heterocycles. The van der Waals surface area contributed by atoms with E-state index in [1.807, 2.05) is 19.1 Å². The molecule has 0 bridgehead atoms. The van der Waals surface area contributed by atoms with E-state index in [2.05, 4.69) is 27.7 Å². The van der Waals surface area contributed by atoms with E-state index in [1.54, 1.807) is 26.4 Å². The van der Waals surface area contributed by atoms with Crippen LogP contribution in [0, 0.1) is 11.8 Å². The van der Waals surface area contributed by atoms with Crippen LogP contribution in [-0.2, 0) is 15.2 Å². The van der Waals surface area contributed by atoms with Gasteiger partial charge in [-0.25, -0.2) is 9.20 Å². The first kappa shape index (κ1) is 18.8. The third-order valence-corrected chi connectivity index (χ3v) is 8.20. The maximum Gasteiger partial charge on any atom is 0.203 e. The van der Waals surface area contributed by atoms with Gasteiger partial charge in [-0.1, -0.05) is 17.5 Å². The fraction of sp³-hybridized carbons (Fsp3) is 0.278. The Hall–Kier alpha value is -2.01. The standard InChI is InChI=1S/C18H19ClN4OS2/c1-5-6-12-7-13(10-21-9-12)15-8-14(19)16(25-15)18(2)11-26(4,24)23(3)17(20)22-18/h7-10H,4,11H2,1-3H3,(H2,20,22)/t18-,26?/m0/s1. The van der Waals surface area contributed by atoms with Crippen LogP contribution >= 0.6 is 22.9 Å². The molecule has 0 amide bonds. The quantitative estimate of drug-likeness (QED) is 0.615. The number of guanidine groups is 1. The molecular formula is C18H19ClN4OS2. The van der Waals surface area contributed by atoms with Gasteiger partial charge in [0.1, 0.15) is 5.54 Å². The summed E-state index contributed by atoms with van der Waals surface area (Å²) in [5.74, 6) is 10.2. The SMILES string of the molecule is C=S1(=O)C[C@@](C)(c2sc(-c3cncc(C#CC)c3)cc2Cl)N=C(N)N1C. The minimum Gasteiger partial charge on any atom is -0.369 e. The number of thiophene rings is 1. The summed E-state index contributed by atoms with van der Waals surface area (Å²) in [6, 6.07) is 3.84. The number of rotatable bonds is 2. The van der Waals surface area contributed by atoms with Gasteiger partial charge in [0.2, 0.25) is 5.96 Å². The number of nitrogens with zero attached hydrogens (tertiary/aromatic N) is 3. The summed E-state index contributed by atoms with van der Waals surface area (Å²) in [4.78, 5) is 10.6. The summed E-state index contributed by atoms with van der Waals surface area (Å²) in [6.45, 7) is 3.67. The molecule has 2 aromatic heterocycles. The lowest BCUT2D eigenvalue weighted by Gasteiger charge is -2.36. The Balaban J connectivity index is 2.09. The van der Waals surface area contributed by atoms with Crippen molar-refractivity contribution in [2.75, 3.05) is 12.8 Å². The van der Waals surface area contributed by atoms with Gasteiger partial charge >= 0.3 is 0 Å². The van der Waals surface area contributed by atoms with Gasteiger partial charge in [-0.2, -0.15) is 0 Å². The largest absolute Gasteiger partial charge is 0.369 e. The molecule has 1 aliphatic rings. The third kappa shape index (κ3) is 3.32. The number of aliphatic imine (C=N–C) groups is 1. The molecule has 0 aromatic carbocycles. The smallest absolute Gasteiger partial charge is 0.203 e. The molecule has 1 unspecified atom stereocenters. The molecule has 0 saturated heterocycles. The maximum absolute atomic E-state index is 12.8. The van der Waals surface area contributed by atoms with E-state index in [-0.39, 0.29) is 11.7 Å². The van der Waals surface area contributed by atoms with Crippen molar-refractivity contribution >= 4 is 44.5 Å². The molecule has 0 saturated carbocycles. The molecule has 1 aliphatic heterocycles. The van der Waals surface area contributed by atoms with Crippen molar-refractivity contribution in [1.29, 1.82) is 0 Å². The number of hydrogen-bond acceptors (Lipinski definition) is 5. The lowest BCUT2D eigenvalue weighted by molar-refractivity contribution is 0.522. The number of pyridine rings is 1. The first-order valence-corrected chi connectivity index (χ1v) is 10.8. The van der Waals surface area contributed by atoms with Crippen LogP contribution < -0.4 is 5.73 Å². The van der Waals surface area contributed by atoms with Crippen LogP contribution in [0.15, 0.2) is 29.5 Å². The highest BCUT2D eigenvalue weighted by atomic mass is 35.5. The Morgan fingerprint density at radius 2 is 2.19 bits per heavy atom. The summed E-state index contributed by atoms with van der Waals surface area (Å²) in [5.41, 5.74) is 6.95. The van der Waals surface area contributed by atoms with Gasteiger partial charge in [-0.05, 0) is 31.9 Å². The zero-order chi connectivity index (χ0) is 19.1. The molecule has 3 rings (SSSR count). The molecular weight excluding hydrogens is 388 g/mol. The van der Waals surface area contributed by atoms with Gasteiger partial charge in [-0.15, -0.1) is 17.3 Å². The first-order chi connectivity index (χ1) is 12.2. The van der Waals surface area contributed by atoms with E-state index < -0.39 is 15.2 Å². The van der Waals surface area contributed by atoms with E-state index in [0.717, 1.165) is 20.9 Å². The molecule has 0 aliphatic carbocycles. The fourth-order valence-electron chi connectivity index (χ4n) is 2.84. The van der Waals surface area contributed by atoms with Crippen LogP contribution in [0.1, 0.15) is 24.3 Å². The van der Waals surface area contributed by atoms with Crippen molar-refractivity contribution in [2.24, 2.45) is 10.7 Å². The number of aromatic nitrogens is 1. The maximum atomic E-state index is 12.8. The fourth-order valence-corrected chi connectivity index (χ4v) is 6.21. The molecule has 0 spiro atoms. The average molecular weight is 407 g/mol. The Labute approximate surface area is 163 Å². The van der Waals surface area contributed by atoms with Crippen molar-refractivity contribution in [2.45, 2.75) is 19.4 Å². The van der Waals surface area contributed by atoms with Crippen LogP contribution in [0.5, 0.6) is 0 Å². The van der Waals surface area contributed by atoms with Crippen molar-refractivity contribution in [3.63, 3.8) is 0 Å². The topological polar surface area (TPSA) is 71.6 Å². The second-order valence-electron chi connectivity index (χ2n) is 6.28. The Morgan fingerprint density at radius 3 is 2.85 bits per heavy atom. The Kier molecular flexibility index (Phi) is 4.78. The number of halogens is 1. The van der Waals surface area contributed by atoms with E-state index in [0.29, 0.717) is 5.02 Å². The number of hydrogen-bond donors (Lipinski definition) is 1. The van der Waals surface area contributed by atoms with Gasteiger partial charge in [0.05, 0.1) is 25.4 Å². The minimum atomic E-state index is -2.56.